The minimum absolute atomic E-state index is 0.395. The van der Waals surface area contributed by atoms with E-state index >= 15 is 0 Å². The van der Waals surface area contributed by atoms with E-state index in [-0.39, 0.29) is 0 Å². The zero-order chi connectivity index (χ0) is 8.97. The van der Waals surface area contributed by atoms with E-state index in [0.717, 1.165) is 6.42 Å². The van der Waals surface area contributed by atoms with Crippen LogP contribution < -0.4 is 0 Å². The van der Waals surface area contributed by atoms with Gasteiger partial charge in [0.05, 0.1) is 7.11 Å². The van der Waals surface area contributed by atoms with E-state index in [9.17, 15) is 0 Å². The SMILES string of the molecule is COC1=CCC=CC=C1B(O)O. The van der Waals surface area contributed by atoms with Gasteiger partial charge in [-0.05, 0) is 12.5 Å². The van der Waals surface area contributed by atoms with Crippen molar-refractivity contribution in [2.45, 2.75) is 6.42 Å². The van der Waals surface area contributed by atoms with E-state index in [1.165, 1.54) is 7.11 Å². The first-order valence-corrected chi connectivity index (χ1v) is 3.73. The van der Waals surface area contributed by atoms with E-state index < -0.39 is 7.12 Å². The molecule has 0 saturated heterocycles. The largest absolute Gasteiger partial charge is 0.497 e. The molecule has 0 aliphatic heterocycles. The third kappa shape index (κ3) is 2.00. The monoisotopic (exact) mass is 166 g/mol. The lowest BCUT2D eigenvalue weighted by Gasteiger charge is -2.07. The molecule has 1 aliphatic rings. The van der Waals surface area contributed by atoms with Crippen molar-refractivity contribution >= 4 is 7.12 Å². The van der Waals surface area contributed by atoms with E-state index in [2.05, 4.69) is 0 Å². The Labute approximate surface area is 71.8 Å². The average Bonchev–Trinajstić information content (AvgIpc) is 2.27. The molecule has 12 heavy (non-hydrogen) atoms. The molecule has 1 rings (SSSR count). The van der Waals surface area contributed by atoms with Crippen LogP contribution in [0, 0.1) is 0 Å². The second-order valence-corrected chi connectivity index (χ2v) is 2.43. The number of hydrogen-bond donors (Lipinski definition) is 2. The minimum Gasteiger partial charge on any atom is -0.497 e. The number of allylic oxidation sites excluding steroid dienone is 5. The molecular weight excluding hydrogens is 155 g/mol. The first-order chi connectivity index (χ1) is 5.75. The van der Waals surface area contributed by atoms with Crippen LogP contribution in [0.2, 0.25) is 0 Å². The summed E-state index contributed by atoms with van der Waals surface area (Å²) in [6, 6.07) is 0. The summed E-state index contributed by atoms with van der Waals surface area (Å²) in [6.45, 7) is 0. The summed E-state index contributed by atoms with van der Waals surface area (Å²) in [5, 5.41) is 17.9. The van der Waals surface area contributed by atoms with Gasteiger partial charge in [-0.2, -0.15) is 0 Å². The highest BCUT2D eigenvalue weighted by Crippen LogP contribution is 2.15. The third-order valence-electron chi connectivity index (χ3n) is 1.63. The topological polar surface area (TPSA) is 49.7 Å². The summed E-state index contributed by atoms with van der Waals surface area (Å²) in [7, 11) is 0.0341. The second-order valence-electron chi connectivity index (χ2n) is 2.43. The van der Waals surface area contributed by atoms with E-state index in [1.54, 1.807) is 18.2 Å². The van der Waals surface area contributed by atoms with Gasteiger partial charge in [-0.15, -0.1) is 0 Å². The number of ether oxygens (including phenoxy) is 1. The standard InChI is InChI=1S/C8H11BO3/c1-12-8-6-4-2-3-5-7(8)9(10)11/h2-3,5-6,10-11H,4H2,1H3. The van der Waals surface area contributed by atoms with Crippen LogP contribution in [0.4, 0.5) is 0 Å². The molecule has 4 heteroatoms. The number of rotatable bonds is 2. The zero-order valence-corrected chi connectivity index (χ0v) is 6.90. The van der Waals surface area contributed by atoms with Crippen molar-refractivity contribution in [3.63, 3.8) is 0 Å². The number of methoxy groups -OCH3 is 1. The van der Waals surface area contributed by atoms with Crippen LogP contribution in [0.15, 0.2) is 35.5 Å². The molecule has 0 heterocycles. The van der Waals surface area contributed by atoms with Crippen molar-refractivity contribution in [1.29, 1.82) is 0 Å². The van der Waals surface area contributed by atoms with Gasteiger partial charge in [-0.3, -0.25) is 0 Å². The molecule has 0 aromatic carbocycles. The summed E-state index contributed by atoms with van der Waals surface area (Å²) in [6.07, 6.45) is 7.86. The molecule has 3 nitrogen and oxygen atoms in total. The smallest absolute Gasteiger partial charge is 0.492 e. The van der Waals surface area contributed by atoms with Gasteiger partial charge in [0.1, 0.15) is 5.76 Å². The Morgan fingerprint density at radius 3 is 2.83 bits per heavy atom. The maximum Gasteiger partial charge on any atom is 0.492 e. The van der Waals surface area contributed by atoms with Gasteiger partial charge in [0.2, 0.25) is 0 Å². The number of hydrogen-bond acceptors (Lipinski definition) is 3. The molecular formula is C8H11BO3. The average molecular weight is 166 g/mol. The molecule has 0 radical (unpaired) electrons. The van der Waals surface area contributed by atoms with Crippen molar-refractivity contribution in [3.8, 4) is 0 Å². The van der Waals surface area contributed by atoms with Crippen molar-refractivity contribution in [1.82, 2.24) is 0 Å². The molecule has 1 aliphatic carbocycles. The zero-order valence-electron chi connectivity index (χ0n) is 6.90. The molecule has 0 atom stereocenters. The predicted octanol–water partition coefficient (Wildman–Crippen LogP) is 0.415. The Hall–Kier alpha value is -0.995. The Morgan fingerprint density at radius 1 is 1.50 bits per heavy atom. The van der Waals surface area contributed by atoms with Gasteiger partial charge in [-0.1, -0.05) is 18.2 Å². The van der Waals surface area contributed by atoms with Crippen LogP contribution in [-0.4, -0.2) is 24.3 Å². The molecule has 0 bridgehead atoms. The first kappa shape index (κ1) is 9.10. The molecule has 0 unspecified atom stereocenters. The fourth-order valence-electron chi connectivity index (χ4n) is 1.04. The molecule has 0 saturated carbocycles. The lowest BCUT2D eigenvalue weighted by atomic mass is 9.78. The first-order valence-electron chi connectivity index (χ1n) is 3.73. The maximum absolute atomic E-state index is 8.94. The molecule has 0 aromatic rings. The Kier molecular flexibility index (Phi) is 3.14. The van der Waals surface area contributed by atoms with Crippen LogP contribution >= 0.6 is 0 Å². The van der Waals surface area contributed by atoms with Gasteiger partial charge in [0.25, 0.3) is 0 Å². The van der Waals surface area contributed by atoms with E-state index in [1.807, 2.05) is 6.08 Å². The van der Waals surface area contributed by atoms with Crippen LogP contribution in [0.25, 0.3) is 0 Å². The maximum atomic E-state index is 8.94. The summed E-state index contributed by atoms with van der Waals surface area (Å²) >= 11 is 0. The molecule has 0 spiro atoms. The summed E-state index contributed by atoms with van der Waals surface area (Å²) in [5.41, 5.74) is 0.395. The second kappa shape index (κ2) is 4.14. The molecule has 2 N–H and O–H groups in total. The Bertz CT molecular complexity index is 241. The summed E-state index contributed by atoms with van der Waals surface area (Å²) < 4.78 is 4.98. The Morgan fingerprint density at radius 2 is 2.25 bits per heavy atom. The highest BCUT2D eigenvalue weighted by atomic mass is 16.5. The minimum atomic E-state index is -1.47. The van der Waals surface area contributed by atoms with Crippen molar-refractivity contribution in [2.24, 2.45) is 0 Å². The molecule has 0 aromatic heterocycles. The highest BCUT2D eigenvalue weighted by molar-refractivity contribution is 6.52. The lowest BCUT2D eigenvalue weighted by Crippen LogP contribution is -2.17. The normalized spacial score (nSPS) is 16.2. The van der Waals surface area contributed by atoms with Gasteiger partial charge < -0.3 is 14.8 Å². The van der Waals surface area contributed by atoms with Crippen LogP contribution in [0.1, 0.15) is 6.42 Å². The quantitative estimate of drug-likeness (QED) is 0.584. The Balaban J connectivity index is 2.90. The van der Waals surface area contributed by atoms with Crippen molar-refractivity contribution in [3.05, 3.63) is 35.5 Å². The van der Waals surface area contributed by atoms with Crippen molar-refractivity contribution < 1.29 is 14.8 Å². The van der Waals surface area contributed by atoms with Gasteiger partial charge in [0, 0.05) is 5.47 Å². The highest BCUT2D eigenvalue weighted by Gasteiger charge is 2.19. The molecule has 64 valence electrons. The lowest BCUT2D eigenvalue weighted by molar-refractivity contribution is 0.297. The fourth-order valence-corrected chi connectivity index (χ4v) is 1.04. The van der Waals surface area contributed by atoms with E-state index in [4.69, 9.17) is 14.8 Å². The van der Waals surface area contributed by atoms with Crippen molar-refractivity contribution in [2.75, 3.05) is 7.11 Å². The summed E-state index contributed by atoms with van der Waals surface area (Å²) in [5.74, 6) is 0.523. The van der Waals surface area contributed by atoms with Crippen LogP contribution in [-0.2, 0) is 4.74 Å². The van der Waals surface area contributed by atoms with Crippen LogP contribution in [0.3, 0.4) is 0 Å². The van der Waals surface area contributed by atoms with Crippen LogP contribution in [0.5, 0.6) is 0 Å². The predicted molar refractivity (Wildman–Crippen MR) is 47.1 cm³/mol. The molecule has 0 fully saturated rings. The van der Waals surface area contributed by atoms with Gasteiger partial charge in [-0.25, -0.2) is 0 Å². The van der Waals surface area contributed by atoms with Gasteiger partial charge >= 0.3 is 7.12 Å². The van der Waals surface area contributed by atoms with Gasteiger partial charge in [0.15, 0.2) is 0 Å². The third-order valence-corrected chi connectivity index (χ3v) is 1.63. The van der Waals surface area contributed by atoms with E-state index in [0.29, 0.717) is 11.2 Å². The fraction of sp³-hybridized carbons (Fsp3) is 0.250. The molecule has 0 amide bonds. The summed E-state index contributed by atoms with van der Waals surface area (Å²) in [4.78, 5) is 0.